The van der Waals surface area contributed by atoms with E-state index in [9.17, 15) is 4.79 Å². The van der Waals surface area contributed by atoms with Crippen LogP contribution in [0.4, 0.5) is 0 Å². The van der Waals surface area contributed by atoms with E-state index >= 15 is 0 Å². The molecule has 0 radical (unpaired) electrons. The van der Waals surface area contributed by atoms with Crippen molar-refractivity contribution >= 4 is 5.97 Å². The van der Waals surface area contributed by atoms with Gasteiger partial charge in [0.05, 0.1) is 18.4 Å². The predicted octanol–water partition coefficient (Wildman–Crippen LogP) is 0.852. The van der Waals surface area contributed by atoms with E-state index in [1.807, 2.05) is 6.07 Å². The molecule has 0 aromatic rings. The number of carbonyl (C=O) groups is 1. The lowest BCUT2D eigenvalue weighted by Gasteiger charge is -2.18. The highest BCUT2D eigenvalue weighted by Gasteiger charge is 2.41. The number of nitriles is 1. The van der Waals surface area contributed by atoms with Gasteiger partial charge in [0.2, 0.25) is 0 Å². The largest absolute Gasteiger partial charge is 0.458 e. The average molecular weight is 139 g/mol. The second-order valence-electron chi connectivity index (χ2n) is 2.96. The van der Waals surface area contributed by atoms with E-state index in [4.69, 9.17) is 10.00 Å². The van der Waals surface area contributed by atoms with Gasteiger partial charge in [0, 0.05) is 0 Å². The van der Waals surface area contributed by atoms with Gasteiger partial charge >= 0.3 is 5.97 Å². The van der Waals surface area contributed by atoms with E-state index in [1.165, 1.54) is 0 Å². The molecule has 1 rings (SSSR count). The maximum Gasteiger partial charge on any atom is 0.307 e. The van der Waals surface area contributed by atoms with Crippen LogP contribution >= 0.6 is 0 Å². The second kappa shape index (κ2) is 1.98. The molecule has 1 unspecified atom stereocenters. The highest BCUT2D eigenvalue weighted by Crippen LogP contribution is 2.31. The molecule has 3 nitrogen and oxygen atoms in total. The summed E-state index contributed by atoms with van der Waals surface area (Å²) in [5.41, 5.74) is -0.578. The quantitative estimate of drug-likeness (QED) is 0.467. The van der Waals surface area contributed by atoms with Gasteiger partial charge in [0.1, 0.15) is 5.60 Å². The molecule has 0 aliphatic carbocycles. The normalized spacial score (nSPS) is 29.3. The van der Waals surface area contributed by atoms with Gasteiger partial charge in [-0.3, -0.25) is 4.79 Å². The third-order valence-electron chi connectivity index (χ3n) is 1.74. The van der Waals surface area contributed by atoms with Gasteiger partial charge in [-0.15, -0.1) is 0 Å². The maximum absolute atomic E-state index is 10.7. The Morgan fingerprint density at radius 2 is 2.40 bits per heavy atom. The topological polar surface area (TPSA) is 50.1 Å². The molecule has 0 aromatic heterocycles. The minimum atomic E-state index is -0.578. The average Bonchev–Trinajstić information content (AvgIpc) is 2.04. The number of hydrogen-bond donors (Lipinski definition) is 0. The molecule has 0 saturated carbocycles. The van der Waals surface area contributed by atoms with Crippen LogP contribution in [0, 0.1) is 17.2 Å². The summed E-state index contributed by atoms with van der Waals surface area (Å²) in [6, 6.07) is 2.04. The van der Waals surface area contributed by atoms with E-state index in [0.717, 1.165) is 0 Å². The number of rotatable bonds is 0. The third-order valence-corrected chi connectivity index (χ3v) is 1.74. The highest BCUT2D eigenvalue weighted by atomic mass is 16.6. The lowest BCUT2D eigenvalue weighted by atomic mass is 9.93. The fourth-order valence-corrected chi connectivity index (χ4v) is 1.02. The zero-order valence-corrected chi connectivity index (χ0v) is 6.05. The van der Waals surface area contributed by atoms with Crippen molar-refractivity contribution in [2.45, 2.75) is 25.9 Å². The molecule has 1 aliphatic rings. The summed E-state index contributed by atoms with van der Waals surface area (Å²) in [6.07, 6.45) is 0.240. The van der Waals surface area contributed by atoms with E-state index in [0.29, 0.717) is 0 Å². The van der Waals surface area contributed by atoms with Crippen molar-refractivity contribution in [1.29, 1.82) is 5.26 Å². The molecule has 0 spiro atoms. The molecule has 1 fully saturated rings. The van der Waals surface area contributed by atoms with Gasteiger partial charge in [0.25, 0.3) is 0 Å². The van der Waals surface area contributed by atoms with Gasteiger partial charge in [-0.25, -0.2) is 0 Å². The van der Waals surface area contributed by atoms with E-state index < -0.39 is 5.60 Å². The van der Waals surface area contributed by atoms with Crippen LogP contribution in [-0.2, 0) is 9.53 Å². The lowest BCUT2D eigenvalue weighted by Crippen LogP contribution is -2.26. The van der Waals surface area contributed by atoms with E-state index in [-0.39, 0.29) is 18.3 Å². The molecule has 1 aliphatic heterocycles. The van der Waals surface area contributed by atoms with E-state index in [2.05, 4.69) is 0 Å². The second-order valence-corrected chi connectivity index (χ2v) is 2.96. The van der Waals surface area contributed by atoms with E-state index in [1.54, 1.807) is 13.8 Å². The number of carbonyl (C=O) groups excluding carboxylic acids is 1. The summed E-state index contributed by atoms with van der Waals surface area (Å²) < 4.78 is 4.89. The fourth-order valence-electron chi connectivity index (χ4n) is 1.02. The number of nitrogens with zero attached hydrogens (tertiary/aromatic N) is 1. The SMILES string of the molecule is CC1(C)OC(=O)CC1C#N. The Kier molecular flexibility index (Phi) is 1.40. The molecule has 1 saturated heterocycles. The van der Waals surface area contributed by atoms with Crippen LogP contribution in [0.5, 0.6) is 0 Å². The van der Waals surface area contributed by atoms with Gasteiger partial charge in [0.15, 0.2) is 0 Å². The molecule has 54 valence electrons. The summed E-state index contributed by atoms with van der Waals surface area (Å²) >= 11 is 0. The Morgan fingerprint density at radius 1 is 1.80 bits per heavy atom. The Balaban J connectivity index is 2.79. The minimum Gasteiger partial charge on any atom is -0.458 e. The zero-order valence-electron chi connectivity index (χ0n) is 6.05. The van der Waals surface area contributed by atoms with Crippen LogP contribution in [0.3, 0.4) is 0 Å². The highest BCUT2D eigenvalue weighted by molar-refractivity contribution is 5.73. The summed E-state index contributed by atoms with van der Waals surface area (Å²) in [6.45, 7) is 3.51. The number of hydrogen-bond acceptors (Lipinski definition) is 3. The number of ether oxygens (including phenoxy) is 1. The summed E-state index contributed by atoms with van der Waals surface area (Å²) in [7, 11) is 0. The van der Waals surface area contributed by atoms with Crippen LogP contribution in [0.1, 0.15) is 20.3 Å². The lowest BCUT2D eigenvalue weighted by molar-refractivity contribution is -0.146. The predicted molar refractivity (Wildman–Crippen MR) is 33.9 cm³/mol. The van der Waals surface area contributed by atoms with Crippen molar-refractivity contribution in [2.24, 2.45) is 5.92 Å². The molecule has 0 aromatic carbocycles. The molecule has 0 amide bonds. The first kappa shape index (κ1) is 7.07. The van der Waals surface area contributed by atoms with Gasteiger partial charge in [-0.2, -0.15) is 5.26 Å². The first-order valence-corrected chi connectivity index (χ1v) is 3.18. The van der Waals surface area contributed by atoms with Crippen LogP contribution in [0.2, 0.25) is 0 Å². The summed E-state index contributed by atoms with van der Waals surface area (Å²) in [5.74, 6) is -0.545. The molecule has 0 bridgehead atoms. The van der Waals surface area contributed by atoms with Crippen molar-refractivity contribution in [3.8, 4) is 6.07 Å². The van der Waals surface area contributed by atoms with Crippen molar-refractivity contribution in [2.75, 3.05) is 0 Å². The van der Waals surface area contributed by atoms with Crippen LogP contribution in [0.15, 0.2) is 0 Å². The maximum atomic E-state index is 10.7. The van der Waals surface area contributed by atoms with Gasteiger partial charge in [-0.1, -0.05) is 0 Å². The molecule has 10 heavy (non-hydrogen) atoms. The van der Waals surface area contributed by atoms with Crippen LogP contribution < -0.4 is 0 Å². The Hall–Kier alpha value is -1.04. The Bertz CT molecular complexity index is 202. The standard InChI is InChI=1S/C7H9NO2/c1-7(2)5(4-8)3-6(9)10-7/h5H,3H2,1-2H3. The fraction of sp³-hybridized carbons (Fsp3) is 0.714. The molecular weight excluding hydrogens is 130 g/mol. The van der Waals surface area contributed by atoms with Crippen LogP contribution in [0.25, 0.3) is 0 Å². The van der Waals surface area contributed by atoms with Gasteiger partial charge in [-0.05, 0) is 13.8 Å². The zero-order chi connectivity index (χ0) is 7.78. The Morgan fingerprint density at radius 3 is 2.60 bits per heavy atom. The van der Waals surface area contributed by atoms with Crippen LogP contribution in [-0.4, -0.2) is 11.6 Å². The first-order chi connectivity index (χ1) is 4.56. The smallest absolute Gasteiger partial charge is 0.307 e. The van der Waals surface area contributed by atoms with Crippen molar-refractivity contribution < 1.29 is 9.53 Å². The summed E-state index contributed by atoms with van der Waals surface area (Å²) in [4.78, 5) is 10.7. The van der Waals surface area contributed by atoms with Crippen molar-refractivity contribution in [3.05, 3.63) is 0 Å². The summed E-state index contributed by atoms with van der Waals surface area (Å²) in [5, 5.41) is 8.54. The molecule has 1 heterocycles. The minimum absolute atomic E-state index is 0.240. The monoisotopic (exact) mass is 139 g/mol. The number of esters is 1. The molecular formula is C7H9NO2. The third kappa shape index (κ3) is 0.971. The molecule has 0 N–H and O–H groups in total. The number of cyclic esters (lactones) is 1. The van der Waals surface area contributed by atoms with Crippen molar-refractivity contribution in [1.82, 2.24) is 0 Å². The molecule has 3 heteroatoms. The van der Waals surface area contributed by atoms with Crippen molar-refractivity contribution in [3.63, 3.8) is 0 Å². The first-order valence-electron chi connectivity index (χ1n) is 3.18. The van der Waals surface area contributed by atoms with Gasteiger partial charge < -0.3 is 4.74 Å². The molecule has 1 atom stereocenters. The Labute approximate surface area is 59.6 Å².